The summed E-state index contributed by atoms with van der Waals surface area (Å²) in [5.41, 5.74) is 1.43. The SMILES string of the molecule is C=C(CNC(C)(C)C)CN1CCOCC1CC. The molecule has 1 saturated heterocycles. The Bertz CT molecular complexity index is 245. The number of hydrogen-bond acceptors (Lipinski definition) is 3. The second-order valence-corrected chi connectivity index (χ2v) is 5.96. The van der Waals surface area contributed by atoms with Crippen molar-refractivity contribution in [2.75, 3.05) is 32.8 Å². The molecule has 0 bridgehead atoms. The van der Waals surface area contributed by atoms with Crippen LogP contribution in [0, 0.1) is 0 Å². The maximum Gasteiger partial charge on any atom is 0.0622 e. The van der Waals surface area contributed by atoms with E-state index in [9.17, 15) is 0 Å². The van der Waals surface area contributed by atoms with Crippen LogP contribution in [0.3, 0.4) is 0 Å². The van der Waals surface area contributed by atoms with E-state index in [1.165, 1.54) is 5.57 Å². The van der Waals surface area contributed by atoms with Crippen LogP contribution in [0.1, 0.15) is 34.1 Å². The molecule has 1 rings (SSSR count). The van der Waals surface area contributed by atoms with E-state index in [1.54, 1.807) is 0 Å². The summed E-state index contributed by atoms with van der Waals surface area (Å²) in [4.78, 5) is 2.50. The molecule has 1 fully saturated rings. The Morgan fingerprint density at radius 3 is 2.76 bits per heavy atom. The van der Waals surface area contributed by atoms with E-state index in [2.05, 4.69) is 44.5 Å². The van der Waals surface area contributed by atoms with E-state index in [0.29, 0.717) is 6.04 Å². The van der Waals surface area contributed by atoms with Gasteiger partial charge < -0.3 is 10.1 Å². The standard InChI is InChI=1S/C14H28N2O/c1-6-13-11-17-8-7-16(13)10-12(2)9-15-14(3,4)5/h13,15H,2,6-11H2,1,3-5H3. The smallest absolute Gasteiger partial charge is 0.0622 e. The molecule has 100 valence electrons. The minimum Gasteiger partial charge on any atom is -0.378 e. The lowest BCUT2D eigenvalue weighted by Crippen LogP contribution is -2.47. The first-order valence-corrected chi connectivity index (χ1v) is 6.66. The number of morpholine rings is 1. The van der Waals surface area contributed by atoms with Crippen molar-refractivity contribution in [3.05, 3.63) is 12.2 Å². The molecule has 1 N–H and O–H groups in total. The van der Waals surface area contributed by atoms with E-state index < -0.39 is 0 Å². The van der Waals surface area contributed by atoms with Crippen molar-refractivity contribution in [3.63, 3.8) is 0 Å². The van der Waals surface area contributed by atoms with Gasteiger partial charge in [-0.25, -0.2) is 0 Å². The molecule has 17 heavy (non-hydrogen) atoms. The number of ether oxygens (including phenoxy) is 1. The van der Waals surface area contributed by atoms with Crippen LogP contribution in [0.2, 0.25) is 0 Å². The molecule has 0 aliphatic carbocycles. The Kier molecular flexibility index (Phi) is 5.63. The van der Waals surface area contributed by atoms with Gasteiger partial charge in [0.1, 0.15) is 0 Å². The average Bonchev–Trinajstić information content (AvgIpc) is 2.26. The summed E-state index contributed by atoms with van der Waals surface area (Å²) in [6.45, 7) is 17.6. The first kappa shape index (κ1) is 14.7. The first-order valence-electron chi connectivity index (χ1n) is 6.66. The third-order valence-corrected chi connectivity index (χ3v) is 3.12. The van der Waals surface area contributed by atoms with Gasteiger partial charge in [-0.15, -0.1) is 0 Å². The van der Waals surface area contributed by atoms with Crippen molar-refractivity contribution in [3.8, 4) is 0 Å². The Balaban J connectivity index is 2.33. The second-order valence-electron chi connectivity index (χ2n) is 5.96. The molecule has 0 aromatic heterocycles. The third-order valence-electron chi connectivity index (χ3n) is 3.12. The molecule has 1 atom stereocenters. The predicted molar refractivity (Wildman–Crippen MR) is 73.4 cm³/mol. The van der Waals surface area contributed by atoms with E-state index in [-0.39, 0.29) is 5.54 Å². The van der Waals surface area contributed by atoms with Gasteiger partial charge in [0.15, 0.2) is 0 Å². The zero-order valence-corrected chi connectivity index (χ0v) is 11.9. The van der Waals surface area contributed by atoms with Crippen LogP contribution >= 0.6 is 0 Å². The molecule has 0 radical (unpaired) electrons. The van der Waals surface area contributed by atoms with Gasteiger partial charge in [-0.05, 0) is 32.8 Å². The van der Waals surface area contributed by atoms with Crippen molar-refractivity contribution in [2.45, 2.75) is 45.7 Å². The number of hydrogen-bond donors (Lipinski definition) is 1. The molecule has 3 nitrogen and oxygen atoms in total. The van der Waals surface area contributed by atoms with Crippen LogP contribution in [0.4, 0.5) is 0 Å². The monoisotopic (exact) mass is 240 g/mol. The number of nitrogens with zero attached hydrogens (tertiary/aromatic N) is 1. The molecule has 1 heterocycles. The molecule has 0 saturated carbocycles. The highest BCUT2D eigenvalue weighted by atomic mass is 16.5. The minimum absolute atomic E-state index is 0.165. The molecular weight excluding hydrogens is 212 g/mol. The summed E-state index contributed by atoms with van der Waals surface area (Å²) >= 11 is 0. The van der Waals surface area contributed by atoms with Gasteiger partial charge in [-0.3, -0.25) is 4.90 Å². The summed E-state index contributed by atoms with van der Waals surface area (Å²) in [6, 6.07) is 0.565. The van der Waals surface area contributed by atoms with Crippen LogP contribution in [-0.2, 0) is 4.74 Å². The molecular formula is C14H28N2O. The fraction of sp³-hybridized carbons (Fsp3) is 0.857. The molecule has 3 heteroatoms. The minimum atomic E-state index is 0.165. The molecule has 1 unspecified atom stereocenters. The topological polar surface area (TPSA) is 24.5 Å². The van der Waals surface area contributed by atoms with Gasteiger partial charge in [-0.1, -0.05) is 13.5 Å². The maximum atomic E-state index is 5.51. The van der Waals surface area contributed by atoms with E-state index >= 15 is 0 Å². The third kappa shape index (κ3) is 5.66. The Labute approximate surface area is 106 Å². The molecule has 0 aromatic carbocycles. The van der Waals surface area contributed by atoms with Crippen molar-refractivity contribution >= 4 is 0 Å². The summed E-state index contributed by atoms with van der Waals surface area (Å²) in [6.07, 6.45) is 1.15. The first-order chi connectivity index (χ1) is 7.92. The summed E-state index contributed by atoms with van der Waals surface area (Å²) in [5.74, 6) is 0. The molecule has 0 aromatic rings. The average molecular weight is 240 g/mol. The van der Waals surface area contributed by atoms with Crippen molar-refractivity contribution < 1.29 is 4.74 Å². The van der Waals surface area contributed by atoms with Crippen molar-refractivity contribution in [1.29, 1.82) is 0 Å². The highest BCUT2D eigenvalue weighted by Gasteiger charge is 2.21. The second kappa shape index (κ2) is 6.53. The van der Waals surface area contributed by atoms with Gasteiger partial charge in [-0.2, -0.15) is 0 Å². The van der Waals surface area contributed by atoms with Crippen LogP contribution in [0.5, 0.6) is 0 Å². The predicted octanol–water partition coefficient (Wildman–Crippen LogP) is 2.04. The lowest BCUT2D eigenvalue weighted by Gasteiger charge is -2.35. The van der Waals surface area contributed by atoms with Gasteiger partial charge in [0.2, 0.25) is 0 Å². The van der Waals surface area contributed by atoms with Gasteiger partial charge in [0.05, 0.1) is 13.2 Å². The Morgan fingerprint density at radius 1 is 1.47 bits per heavy atom. The lowest BCUT2D eigenvalue weighted by atomic mass is 10.1. The maximum absolute atomic E-state index is 5.51. The van der Waals surface area contributed by atoms with E-state index in [0.717, 1.165) is 39.3 Å². The number of nitrogens with one attached hydrogen (secondary N) is 1. The fourth-order valence-electron chi connectivity index (χ4n) is 2.01. The summed E-state index contributed by atoms with van der Waals surface area (Å²) in [5, 5.41) is 3.49. The molecule has 1 aliphatic heterocycles. The normalized spacial score (nSPS) is 22.7. The summed E-state index contributed by atoms with van der Waals surface area (Å²) < 4.78 is 5.51. The van der Waals surface area contributed by atoms with Gasteiger partial charge in [0.25, 0.3) is 0 Å². The van der Waals surface area contributed by atoms with Crippen LogP contribution < -0.4 is 5.32 Å². The summed E-state index contributed by atoms with van der Waals surface area (Å²) in [7, 11) is 0. The fourth-order valence-corrected chi connectivity index (χ4v) is 2.01. The highest BCUT2D eigenvalue weighted by molar-refractivity contribution is 5.02. The lowest BCUT2D eigenvalue weighted by molar-refractivity contribution is -0.00415. The zero-order valence-electron chi connectivity index (χ0n) is 11.9. The van der Waals surface area contributed by atoms with Crippen LogP contribution in [0.25, 0.3) is 0 Å². The molecule has 1 aliphatic rings. The van der Waals surface area contributed by atoms with Crippen molar-refractivity contribution in [1.82, 2.24) is 10.2 Å². The Morgan fingerprint density at radius 2 is 2.18 bits per heavy atom. The van der Waals surface area contributed by atoms with Crippen molar-refractivity contribution in [2.24, 2.45) is 0 Å². The zero-order chi connectivity index (χ0) is 12.9. The van der Waals surface area contributed by atoms with E-state index in [1.807, 2.05) is 0 Å². The van der Waals surface area contributed by atoms with Crippen LogP contribution in [-0.4, -0.2) is 49.3 Å². The number of rotatable bonds is 5. The Hall–Kier alpha value is -0.380. The van der Waals surface area contributed by atoms with Crippen LogP contribution in [0.15, 0.2) is 12.2 Å². The van der Waals surface area contributed by atoms with Gasteiger partial charge in [0, 0.05) is 31.2 Å². The van der Waals surface area contributed by atoms with Gasteiger partial charge >= 0.3 is 0 Å². The molecule has 0 spiro atoms. The van der Waals surface area contributed by atoms with E-state index in [4.69, 9.17) is 4.74 Å². The quantitative estimate of drug-likeness (QED) is 0.744. The highest BCUT2D eigenvalue weighted by Crippen LogP contribution is 2.12. The largest absolute Gasteiger partial charge is 0.378 e. The molecule has 0 amide bonds.